The Hall–Kier alpha value is -1.72. The van der Waals surface area contributed by atoms with E-state index in [1.54, 1.807) is 11.5 Å². The zero-order chi connectivity index (χ0) is 13.8. The van der Waals surface area contributed by atoms with Gasteiger partial charge in [-0.2, -0.15) is 0 Å². The van der Waals surface area contributed by atoms with Gasteiger partial charge < -0.3 is 15.0 Å². The van der Waals surface area contributed by atoms with Gasteiger partial charge in [0.25, 0.3) is 5.56 Å². The highest BCUT2D eigenvalue weighted by molar-refractivity contribution is 5.74. The molecule has 0 aliphatic carbocycles. The van der Waals surface area contributed by atoms with E-state index in [1.807, 2.05) is 31.2 Å². The number of hydrogen-bond acceptors (Lipinski definition) is 4. The minimum Gasteiger partial charge on any atom is -0.390 e. The zero-order valence-electron chi connectivity index (χ0n) is 11.3. The lowest BCUT2D eigenvalue weighted by Crippen LogP contribution is -2.35. The van der Waals surface area contributed by atoms with Gasteiger partial charge in [0.05, 0.1) is 23.7 Å². The number of rotatable bonds is 5. The smallest absolute Gasteiger partial charge is 0.272 e. The first-order chi connectivity index (χ1) is 9.13. The maximum atomic E-state index is 12.2. The third kappa shape index (κ3) is 3.00. The van der Waals surface area contributed by atoms with Crippen molar-refractivity contribution in [3.8, 4) is 0 Å². The van der Waals surface area contributed by atoms with Crippen molar-refractivity contribution in [3.63, 3.8) is 0 Å². The monoisotopic (exact) mass is 261 g/mol. The van der Waals surface area contributed by atoms with E-state index in [0.717, 1.165) is 17.6 Å². The van der Waals surface area contributed by atoms with E-state index in [-0.39, 0.29) is 12.1 Å². The van der Waals surface area contributed by atoms with Gasteiger partial charge >= 0.3 is 0 Å². The number of benzene rings is 1. The Morgan fingerprint density at radius 1 is 1.42 bits per heavy atom. The second-order valence-electron chi connectivity index (χ2n) is 4.56. The van der Waals surface area contributed by atoms with Crippen molar-refractivity contribution in [2.75, 3.05) is 13.1 Å². The highest BCUT2D eigenvalue weighted by atomic mass is 16.3. The molecule has 0 bridgehead atoms. The molecule has 2 rings (SSSR count). The molecule has 0 saturated heterocycles. The van der Waals surface area contributed by atoms with Crippen molar-refractivity contribution >= 4 is 11.0 Å². The van der Waals surface area contributed by atoms with Crippen LogP contribution in [0.1, 0.15) is 12.6 Å². The van der Waals surface area contributed by atoms with Crippen molar-refractivity contribution in [1.82, 2.24) is 14.9 Å². The molecule has 0 aliphatic rings. The van der Waals surface area contributed by atoms with Gasteiger partial charge in [-0.1, -0.05) is 19.1 Å². The van der Waals surface area contributed by atoms with Crippen LogP contribution in [-0.2, 0) is 6.54 Å². The predicted molar refractivity (Wildman–Crippen MR) is 75.3 cm³/mol. The van der Waals surface area contributed by atoms with E-state index in [0.29, 0.717) is 12.2 Å². The van der Waals surface area contributed by atoms with E-state index >= 15 is 0 Å². The number of fused-ring (bicyclic) bond motifs is 1. The first-order valence-corrected chi connectivity index (χ1v) is 6.48. The lowest BCUT2D eigenvalue weighted by atomic mass is 10.2. The Morgan fingerprint density at radius 3 is 2.89 bits per heavy atom. The molecule has 19 heavy (non-hydrogen) atoms. The molecule has 1 aromatic carbocycles. The molecule has 1 unspecified atom stereocenters. The molecule has 0 aliphatic heterocycles. The molecular weight excluding hydrogens is 242 g/mol. The fourth-order valence-electron chi connectivity index (χ4n) is 2.09. The minimum atomic E-state index is -0.595. The van der Waals surface area contributed by atoms with Crippen LogP contribution in [0.15, 0.2) is 29.1 Å². The van der Waals surface area contributed by atoms with Crippen LogP contribution in [0.4, 0.5) is 0 Å². The van der Waals surface area contributed by atoms with Gasteiger partial charge in [0.15, 0.2) is 0 Å². The summed E-state index contributed by atoms with van der Waals surface area (Å²) in [5.74, 6) is 0. The number of nitrogens with one attached hydrogen (secondary N) is 1. The highest BCUT2D eigenvalue weighted by Crippen LogP contribution is 2.10. The number of hydrogen-bond donors (Lipinski definition) is 2. The van der Waals surface area contributed by atoms with Crippen LogP contribution < -0.4 is 10.9 Å². The molecule has 102 valence electrons. The molecule has 1 heterocycles. The average Bonchev–Trinajstić information content (AvgIpc) is 2.41. The van der Waals surface area contributed by atoms with E-state index in [1.165, 1.54) is 0 Å². The van der Waals surface area contributed by atoms with Gasteiger partial charge in [0, 0.05) is 6.54 Å². The Bertz CT molecular complexity index is 622. The van der Waals surface area contributed by atoms with Crippen LogP contribution in [0.5, 0.6) is 0 Å². The number of likely N-dealkylation sites (N-methyl/N-ethyl adjacent to an activating group) is 1. The summed E-state index contributed by atoms with van der Waals surface area (Å²) in [6.45, 7) is 5.21. The SMILES string of the molecule is CCNCC(O)Cn1c(=O)c(C)nc2ccccc21. The molecule has 0 fully saturated rings. The van der Waals surface area contributed by atoms with Gasteiger partial charge in [-0.25, -0.2) is 4.98 Å². The molecule has 1 aromatic heterocycles. The second-order valence-corrected chi connectivity index (χ2v) is 4.56. The second kappa shape index (κ2) is 5.95. The van der Waals surface area contributed by atoms with Crippen molar-refractivity contribution in [2.45, 2.75) is 26.5 Å². The van der Waals surface area contributed by atoms with Crippen molar-refractivity contribution in [1.29, 1.82) is 0 Å². The van der Waals surface area contributed by atoms with Crippen molar-refractivity contribution in [2.24, 2.45) is 0 Å². The van der Waals surface area contributed by atoms with E-state index < -0.39 is 6.10 Å². The van der Waals surface area contributed by atoms with Crippen LogP contribution in [0.25, 0.3) is 11.0 Å². The molecule has 5 heteroatoms. The van der Waals surface area contributed by atoms with Gasteiger partial charge in [-0.15, -0.1) is 0 Å². The quantitative estimate of drug-likeness (QED) is 0.830. The number of aromatic nitrogens is 2. The third-order valence-corrected chi connectivity index (χ3v) is 3.04. The summed E-state index contributed by atoms with van der Waals surface area (Å²) in [5.41, 5.74) is 1.84. The van der Waals surface area contributed by atoms with Crippen LogP contribution >= 0.6 is 0 Å². The van der Waals surface area contributed by atoms with Gasteiger partial charge in [0.2, 0.25) is 0 Å². The summed E-state index contributed by atoms with van der Waals surface area (Å²) < 4.78 is 1.60. The third-order valence-electron chi connectivity index (χ3n) is 3.04. The van der Waals surface area contributed by atoms with Crippen LogP contribution in [0.2, 0.25) is 0 Å². The number of nitrogens with zero attached hydrogens (tertiary/aromatic N) is 2. The largest absolute Gasteiger partial charge is 0.390 e. The number of para-hydroxylation sites is 2. The number of aryl methyl sites for hydroxylation is 1. The van der Waals surface area contributed by atoms with Gasteiger partial charge in [-0.3, -0.25) is 4.79 Å². The fraction of sp³-hybridized carbons (Fsp3) is 0.429. The summed E-state index contributed by atoms with van der Waals surface area (Å²) in [7, 11) is 0. The highest BCUT2D eigenvalue weighted by Gasteiger charge is 2.11. The van der Waals surface area contributed by atoms with Crippen LogP contribution in [0, 0.1) is 6.92 Å². The summed E-state index contributed by atoms with van der Waals surface area (Å²) in [5, 5.41) is 13.0. The summed E-state index contributed by atoms with van der Waals surface area (Å²) in [4.78, 5) is 16.4. The fourth-order valence-corrected chi connectivity index (χ4v) is 2.09. The Morgan fingerprint density at radius 2 is 2.16 bits per heavy atom. The lowest BCUT2D eigenvalue weighted by Gasteiger charge is -2.15. The molecular formula is C14H19N3O2. The van der Waals surface area contributed by atoms with E-state index in [4.69, 9.17) is 0 Å². The molecule has 0 saturated carbocycles. The molecule has 0 radical (unpaired) electrons. The van der Waals surface area contributed by atoms with Gasteiger partial charge in [-0.05, 0) is 25.6 Å². The van der Waals surface area contributed by atoms with Gasteiger partial charge in [0.1, 0.15) is 5.69 Å². The Balaban J connectivity index is 2.40. The minimum absolute atomic E-state index is 0.144. The van der Waals surface area contributed by atoms with Crippen LogP contribution in [0.3, 0.4) is 0 Å². The number of aliphatic hydroxyl groups excluding tert-OH is 1. The summed E-state index contributed by atoms with van der Waals surface area (Å²) in [6.07, 6.45) is -0.595. The zero-order valence-corrected chi connectivity index (χ0v) is 11.3. The number of aliphatic hydroxyl groups is 1. The molecule has 5 nitrogen and oxygen atoms in total. The first-order valence-electron chi connectivity index (χ1n) is 6.48. The lowest BCUT2D eigenvalue weighted by molar-refractivity contribution is 0.152. The van der Waals surface area contributed by atoms with Crippen molar-refractivity contribution < 1.29 is 5.11 Å². The molecule has 2 aromatic rings. The average molecular weight is 261 g/mol. The topological polar surface area (TPSA) is 67.2 Å². The molecule has 0 spiro atoms. The maximum absolute atomic E-state index is 12.2. The Kier molecular flexibility index (Phi) is 4.29. The summed E-state index contributed by atoms with van der Waals surface area (Å²) >= 11 is 0. The van der Waals surface area contributed by atoms with E-state index in [9.17, 15) is 9.90 Å². The molecule has 0 amide bonds. The maximum Gasteiger partial charge on any atom is 0.272 e. The summed E-state index contributed by atoms with van der Waals surface area (Å²) in [6, 6.07) is 7.47. The standard InChI is InChI=1S/C14H19N3O2/c1-3-15-8-11(18)9-17-13-7-5-4-6-12(13)16-10(2)14(17)19/h4-7,11,15,18H,3,8-9H2,1-2H3. The normalized spacial score (nSPS) is 12.8. The van der Waals surface area contributed by atoms with E-state index in [2.05, 4.69) is 10.3 Å². The molecule has 2 N–H and O–H groups in total. The predicted octanol–water partition coefficient (Wildman–Crippen LogP) is 0.675. The molecule has 1 atom stereocenters. The van der Waals surface area contributed by atoms with Crippen molar-refractivity contribution in [3.05, 3.63) is 40.3 Å². The Labute approximate surface area is 111 Å². The van der Waals surface area contributed by atoms with Crippen LogP contribution in [-0.4, -0.2) is 33.9 Å². The first kappa shape index (κ1) is 13.7.